The van der Waals surface area contributed by atoms with E-state index in [0.717, 1.165) is 58.3 Å². The van der Waals surface area contributed by atoms with E-state index in [4.69, 9.17) is 9.47 Å². The van der Waals surface area contributed by atoms with Crippen LogP contribution in [0.2, 0.25) is 0 Å². The van der Waals surface area contributed by atoms with Crippen LogP contribution in [-0.4, -0.2) is 51.0 Å². The number of ether oxygens (including phenoxy) is 2. The predicted molar refractivity (Wildman–Crippen MR) is 83.2 cm³/mol. The Morgan fingerprint density at radius 2 is 2.20 bits per heavy atom. The lowest BCUT2D eigenvalue weighted by Crippen LogP contribution is -2.47. The van der Waals surface area contributed by atoms with Crippen molar-refractivity contribution in [3.05, 3.63) is 0 Å². The van der Waals surface area contributed by atoms with Crippen molar-refractivity contribution < 1.29 is 9.47 Å². The molecular weight excluding hydrogens is 254 g/mol. The molecule has 1 heterocycles. The van der Waals surface area contributed by atoms with Crippen LogP contribution in [0.1, 0.15) is 40.5 Å². The molecule has 0 amide bonds. The maximum Gasteiger partial charge on any atom is 0.191 e. The standard InChI is InChI=1S/C15H31N3O2/c1-5-16-14(18-15(2,3)4)17-8-6-9-19-11-13-7-10-20-12-13/h13H,5-12H2,1-4H3,(H2,16,17,18). The quantitative estimate of drug-likeness (QED) is 0.425. The molecule has 1 aliphatic heterocycles. The lowest BCUT2D eigenvalue weighted by molar-refractivity contribution is 0.0893. The van der Waals surface area contributed by atoms with Crippen molar-refractivity contribution in [3.63, 3.8) is 0 Å². The van der Waals surface area contributed by atoms with Gasteiger partial charge in [-0.25, -0.2) is 0 Å². The van der Waals surface area contributed by atoms with Crippen molar-refractivity contribution in [3.8, 4) is 0 Å². The second-order valence-electron chi connectivity index (χ2n) is 6.29. The third-order valence-corrected chi connectivity index (χ3v) is 2.93. The number of hydrogen-bond acceptors (Lipinski definition) is 3. The summed E-state index contributed by atoms with van der Waals surface area (Å²) in [6, 6.07) is 0. The van der Waals surface area contributed by atoms with Crippen molar-refractivity contribution in [2.75, 3.05) is 39.5 Å². The predicted octanol–water partition coefficient (Wildman–Crippen LogP) is 1.78. The minimum atomic E-state index is 0.0278. The first-order chi connectivity index (χ1) is 9.51. The maximum atomic E-state index is 5.67. The molecule has 20 heavy (non-hydrogen) atoms. The summed E-state index contributed by atoms with van der Waals surface area (Å²) in [6.07, 6.45) is 2.09. The Balaban J connectivity index is 2.12. The van der Waals surface area contributed by atoms with Gasteiger partial charge in [-0.3, -0.25) is 4.99 Å². The Morgan fingerprint density at radius 1 is 1.40 bits per heavy atom. The van der Waals surface area contributed by atoms with Crippen molar-refractivity contribution in [1.82, 2.24) is 10.6 Å². The van der Waals surface area contributed by atoms with E-state index < -0.39 is 0 Å². The van der Waals surface area contributed by atoms with Crippen LogP contribution < -0.4 is 10.6 Å². The Labute approximate surface area is 123 Å². The molecular formula is C15H31N3O2. The highest BCUT2D eigenvalue weighted by molar-refractivity contribution is 5.80. The topological polar surface area (TPSA) is 54.9 Å². The van der Waals surface area contributed by atoms with Crippen molar-refractivity contribution >= 4 is 5.96 Å². The van der Waals surface area contributed by atoms with Crippen molar-refractivity contribution in [2.45, 2.75) is 46.1 Å². The molecule has 5 nitrogen and oxygen atoms in total. The summed E-state index contributed by atoms with van der Waals surface area (Å²) in [6.45, 7) is 13.5. The largest absolute Gasteiger partial charge is 0.381 e. The summed E-state index contributed by atoms with van der Waals surface area (Å²) in [7, 11) is 0. The normalized spacial score (nSPS) is 20.2. The van der Waals surface area contributed by atoms with Crippen LogP contribution in [0.5, 0.6) is 0 Å². The molecule has 1 rings (SSSR count). The fraction of sp³-hybridized carbons (Fsp3) is 0.933. The SMILES string of the molecule is CCNC(=NCCCOCC1CCOC1)NC(C)(C)C. The second-order valence-corrected chi connectivity index (χ2v) is 6.29. The molecule has 0 aromatic heterocycles. The summed E-state index contributed by atoms with van der Waals surface area (Å²) in [4.78, 5) is 4.56. The molecule has 5 heteroatoms. The van der Waals surface area contributed by atoms with Crippen molar-refractivity contribution in [1.29, 1.82) is 0 Å². The third kappa shape index (κ3) is 8.38. The van der Waals surface area contributed by atoms with Gasteiger partial charge in [0.2, 0.25) is 0 Å². The minimum absolute atomic E-state index is 0.0278. The zero-order valence-corrected chi connectivity index (χ0v) is 13.5. The lowest BCUT2D eigenvalue weighted by atomic mass is 10.1. The monoisotopic (exact) mass is 285 g/mol. The van der Waals surface area contributed by atoms with E-state index in [0.29, 0.717) is 5.92 Å². The summed E-state index contributed by atoms with van der Waals surface area (Å²) < 4.78 is 11.0. The summed E-state index contributed by atoms with van der Waals surface area (Å²) in [5.41, 5.74) is 0.0278. The molecule has 1 fully saturated rings. The van der Waals surface area contributed by atoms with Crippen LogP contribution >= 0.6 is 0 Å². The van der Waals surface area contributed by atoms with Gasteiger partial charge in [-0.15, -0.1) is 0 Å². The van der Waals surface area contributed by atoms with Gasteiger partial charge in [0.05, 0.1) is 13.2 Å². The highest BCUT2D eigenvalue weighted by atomic mass is 16.5. The lowest BCUT2D eigenvalue weighted by Gasteiger charge is -2.23. The van der Waals surface area contributed by atoms with Crippen molar-refractivity contribution in [2.24, 2.45) is 10.9 Å². The molecule has 1 atom stereocenters. The van der Waals surface area contributed by atoms with Crippen LogP contribution in [0.4, 0.5) is 0 Å². The second kappa shape index (κ2) is 9.19. The maximum absolute atomic E-state index is 5.67. The van der Waals surface area contributed by atoms with E-state index in [2.05, 4.69) is 43.3 Å². The van der Waals surface area contributed by atoms with E-state index in [-0.39, 0.29) is 5.54 Å². The molecule has 1 saturated heterocycles. The molecule has 2 N–H and O–H groups in total. The van der Waals surface area contributed by atoms with Gasteiger partial charge in [0, 0.05) is 37.8 Å². The van der Waals surface area contributed by atoms with Gasteiger partial charge in [-0.2, -0.15) is 0 Å². The van der Waals surface area contributed by atoms with Gasteiger partial charge in [0.25, 0.3) is 0 Å². The molecule has 0 aliphatic carbocycles. The van der Waals surface area contributed by atoms with Gasteiger partial charge < -0.3 is 20.1 Å². The molecule has 0 saturated carbocycles. The summed E-state index contributed by atoms with van der Waals surface area (Å²) >= 11 is 0. The number of hydrogen-bond donors (Lipinski definition) is 2. The molecule has 0 spiro atoms. The van der Waals surface area contributed by atoms with E-state index in [1.807, 2.05) is 0 Å². The van der Waals surface area contributed by atoms with Gasteiger partial charge in [-0.1, -0.05) is 0 Å². The van der Waals surface area contributed by atoms with Crippen LogP contribution in [0, 0.1) is 5.92 Å². The first-order valence-corrected chi connectivity index (χ1v) is 7.73. The first-order valence-electron chi connectivity index (χ1n) is 7.73. The molecule has 0 aromatic rings. The minimum Gasteiger partial charge on any atom is -0.381 e. The zero-order valence-electron chi connectivity index (χ0n) is 13.5. The Morgan fingerprint density at radius 3 is 2.80 bits per heavy atom. The zero-order chi connectivity index (χ0) is 14.8. The smallest absolute Gasteiger partial charge is 0.191 e. The highest BCUT2D eigenvalue weighted by Crippen LogP contribution is 2.12. The number of rotatable bonds is 7. The summed E-state index contributed by atoms with van der Waals surface area (Å²) in [5.74, 6) is 1.47. The number of aliphatic imine (C=N–C) groups is 1. The average molecular weight is 285 g/mol. The van der Waals surface area contributed by atoms with Gasteiger partial charge in [0.15, 0.2) is 5.96 Å². The fourth-order valence-corrected chi connectivity index (χ4v) is 1.98. The van der Waals surface area contributed by atoms with Gasteiger partial charge >= 0.3 is 0 Å². The molecule has 1 unspecified atom stereocenters. The number of nitrogens with zero attached hydrogens (tertiary/aromatic N) is 1. The fourth-order valence-electron chi connectivity index (χ4n) is 1.98. The van der Waals surface area contributed by atoms with Crippen LogP contribution in [0.3, 0.4) is 0 Å². The van der Waals surface area contributed by atoms with E-state index in [1.54, 1.807) is 0 Å². The van der Waals surface area contributed by atoms with Crippen LogP contribution in [0.15, 0.2) is 4.99 Å². The highest BCUT2D eigenvalue weighted by Gasteiger charge is 2.15. The summed E-state index contributed by atoms with van der Waals surface area (Å²) in [5, 5.41) is 6.63. The number of guanidine groups is 1. The average Bonchev–Trinajstić information content (AvgIpc) is 2.84. The van der Waals surface area contributed by atoms with Crippen LogP contribution in [-0.2, 0) is 9.47 Å². The Bertz CT molecular complexity index is 281. The van der Waals surface area contributed by atoms with E-state index in [1.165, 1.54) is 0 Å². The number of nitrogens with one attached hydrogen (secondary N) is 2. The first kappa shape index (κ1) is 17.2. The molecule has 118 valence electrons. The molecule has 1 aliphatic rings. The van der Waals surface area contributed by atoms with Crippen LogP contribution in [0.25, 0.3) is 0 Å². The molecule has 0 radical (unpaired) electrons. The Kier molecular flexibility index (Phi) is 7.92. The van der Waals surface area contributed by atoms with Gasteiger partial charge in [0.1, 0.15) is 0 Å². The Hall–Kier alpha value is -0.810. The molecule has 0 bridgehead atoms. The van der Waals surface area contributed by atoms with E-state index >= 15 is 0 Å². The van der Waals surface area contributed by atoms with Gasteiger partial charge in [-0.05, 0) is 40.5 Å². The molecule has 0 aromatic carbocycles. The third-order valence-electron chi connectivity index (χ3n) is 2.93. The van der Waals surface area contributed by atoms with E-state index in [9.17, 15) is 0 Å².